The van der Waals surface area contributed by atoms with Crippen LogP contribution in [-0.2, 0) is 7.05 Å². The van der Waals surface area contributed by atoms with Crippen LogP contribution in [0.4, 0.5) is 0 Å². The summed E-state index contributed by atoms with van der Waals surface area (Å²) in [6, 6.07) is 1.75. The zero-order valence-corrected chi connectivity index (χ0v) is 18.0. The number of hydrogen-bond donors (Lipinski definition) is 1. The van der Waals surface area contributed by atoms with Gasteiger partial charge in [-0.15, -0.1) is 0 Å². The molecular weight excluding hydrogens is 334 g/mol. The number of amides is 1. The summed E-state index contributed by atoms with van der Waals surface area (Å²) in [6.45, 7) is 3.05. The van der Waals surface area contributed by atoms with E-state index in [9.17, 15) is 4.79 Å². The molecule has 156 valence electrons. The summed E-state index contributed by atoms with van der Waals surface area (Å²) in [5.74, 6) is -0.0176. The molecule has 4 nitrogen and oxygen atoms in total. The Hall–Kier alpha value is -1.32. The summed E-state index contributed by atoms with van der Waals surface area (Å²) in [5, 5.41) is 7.00. The van der Waals surface area contributed by atoms with Crippen molar-refractivity contribution < 1.29 is 4.79 Å². The normalized spacial score (nSPS) is 11.0. The zero-order valence-electron chi connectivity index (χ0n) is 18.0. The van der Waals surface area contributed by atoms with Crippen molar-refractivity contribution in [3.63, 3.8) is 0 Å². The van der Waals surface area contributed by atoms with Crippen LogP contribution in [0, 0.1) is 0 Å². The molecule has 1 N–H and O–H groups in total. The molecule has 0 atom stereocenters. The quantitative estimate of drug-likeness (QED) is 0.300. The molecule has 0 bridgehead atoms. The zero-order chi connectivity index (χ0) is 19.6. The van der Waals surface area contributed by atoms with Gasteiger partial charge in [-0.25, -0.2) is 0 Å². The minimum absolute atomic E-state index is 0.0176. The number of unbranched alkanes of at least 4 members (excludes halogenated alkanes) is 15. The van der Waals surface area contributed by atoms with Crippen molar-refractivity contribution in [1.82, 2.24) is 15.1 Å². The van der Waals surface area contributed by atoms with Crippen LogP contribution < -0.4 is 5.32 Å². The van der Waals surface area contributed by atoms with Crippen molar-refractivity contribution >= 4 is 5.91 Å². The van der Waals surface area contributed by atoms with Crippen LogP contribution >= 0.6 is 0 Å². The molecule has 1 heterocycles. The number of aryl methyl sites for hydroxylation is 1. The predicted molar refractivity (Wildman–Crippen MR) is 115 cm³/mol. The molecular formula is C23H43N3O. The average Bonchev–Trinajstić information content (AvgIpc) is 3.10. The van der Waals surface area contributed by atoms with Crippen molar-refractivity contribution in [2.24, 2.45) is 7.05 Å². The lowest BCUT2D eigenvalue weighted by Crippen LogP contribution is -2.26. The summed E-state index contributed by atoms with van der Waals surface area (Å²) in [7, 11) is 1.80. The Bertz CT molecular complexity index is 470. The van der Waals surface area contributed by atoms with Gasteiger partial charge in [0.15, 0.2) is 0 Å². The van der Waals surface area contributed by atoms with E-state index in [-0.39, 0.29) is 5.91 Å². The van der Waals surface area contributed by atoms with E-state index in [1.165, 1.54) is 96.3 Å². The SMILES string of the molecule is CCCCCCCCCCCCCCCCCCNC(=O)c1ccnn1C. The first-order chi connectivity index (χ1) is 13.3. The van der Waals surface area contributed by atoms with Gasteiger partial charge in [-0.1, -0.05) is 103 Å². The van der Waals surface area contributed by atoms with Gasteiger partial charge in [0.2, 0.25) is 0 Å². The Morgan fingerprint density at radius 1 is 0.815 bits per heavy atom. The van der Waals surface area contributed by atoms with Crippen molar-refractivity contribution in [3.8, 4) is 0 Å². The van der Waals surface area contributed by atoms with Crippen LogP contribution in [0.2, 0.25) is 0 Å². The lowest BCUT2D eigenvalue weighted by atomic mass is 10.0. The maximum absolute atomic E-state index is 11.9. The van der Waals surface area contributed by atoms with Crippen molar-refractivity contribution in [2.75, 3.05) is 6.54 Å². The molecule has 0 unspecified atom stereocenters. The Morgan fingerprint density at radius 3 is 1.67 bits per heavy atom. The second-order valence-electron chi connectivity index (χ2n) is 7.90. The van der Waals surface area contributed by atoms with E-state index in [1.54, 1.807) is 24.0 Å². The lowest BCUT2D eigenvalue weighted by molar-refractivity contribution is 0.0943. The number of rotatable bonds is 18. The highest BCUT2D eigenvalue weighted by molar-refractivity contribution is 5.92. The van der Waals surface area contributed by atoms with Crippen LogP contribution in [0.15, 0.2) is 12.3 Å². The van der Waals surface area contributed by atoms with Crippen molar-refractivity contribution in [1.29, 1.82) is 0 Å². The van der Waals surface area contributed by atoms with Gasteiger partial charge in [-0.05, 0) is 12.5 Å². The van der Waals surface area contributed by atoms with E-state index in [2.05, 4.69) is 17.3 Å². The van der Waals surface area contributed by atoms with E-state index in [0.717, 1.165) is 13.0 Å². The van der Waals surface area contributed by atoms with E-state index in [1.807, 2.05) is 0 Å². The van der Waals surface area contributed by atoms with Crippen LogP contribution in [0.25, 0.3) is 0 Å². The van der Waals surface area contributed by atoms with Gasteiger partial charge in [0.1, 0.15) is 5.69 Å². The van der Waals surface area contributed by atoms with Crippen molar-refractivity contribution in [2.45, 2.75) is 110 Å². The number of aromatic nitrogens is 2. The number of nitrogens with zero attached hydrogens (tertiary/aromatic N) is 2. The van der Waals surface area contributed by atoms with Crippen LogP contribution in [0.1, 0.15) is 120 Å². The highest BCUT2D eigenvalue weighted by Crippen LogP contribution is 2.13. The summed E-state index contributed by atoms with van der Waals surface area (Å²) in [6.07, 6.45) is 23.6. The Morgan fingerprint density at radius 2 is 1.26 bits per heavy atom. The predicted octanol–water partition coefficient (Wildman–Crippen LogP) is 6.41. The Kier molecular flexibility index (Phi) is 14.8. The number of carbonyl (C=O) groups excluding carboxylic acids is 1. The molecule has 27 heavy (non-hydrogen) atoms. The van der Waals surface area contributed by atoms with Crippen molar-refractivity contribution in [3.05, 3.63) is 18.0 Å². The molecule has 0 saturated heterocycles. The van der Waals surface area contributed by atoms with Gasteiger partial charge in [0, 0.05) is 19.8 Å². The molecule has 0 radical (unpaired) electrons. The van der Waals surface area contributed by atoms with Gasteiger partial charge >= 0.3 is 0 Å². The third-order valence-corrected chi connectivity index (χ3v) is 5.37. The number of carbonyl (C=O) groups is 1. The molecule has 0 fully saturated rings. The Labute approximate surface area is 167 Å². The molecule has 4 heteroatoms. The summed E-state index contributed by atoms with van der Waals surface area (Å²) in [4.78, 5) is 11.9. The minimum Gasteiger partial charge on any atom is -0.351 e. The van der Waals surface area contributed by atoms with E-state index >= 15 is 0 Å². The fourth-order valence-electron chi connectivity index (χ4n) is 3.56. The van der Waals surface area contributed by atoms with Crippen LogP contribution in [-0.4, -0.2) is 22.2 Å². The van der Waals surface area contributed by atoms with Gasteiger partial charge in [-0.2, -0.15) is 5.10 Å². The molecule has 0 aromatic carbocycles. The van der Waals surface area contributed by atoms with Gasteiger partial charge < -0.3 is 5.32 Å². The van der Waals surface area contributed by atoms with Gasteiger partial charge in [0.25, 0.3) is 5.91 Å². The molecule has 1 rings (SSSR count). The maximum atomic E-state index is 11.9. The fourth-order valence-corrected chi connectivity index (χ4v) is 3.56. The lowest BCUT2D eigenvalue weighted by Gasteiger charge is -2.06. The van der Waals surface area contributed by atoms with Gasteiger partial charge in [0.05, 0.1) is 0 Å². The van der Waals surface area contributed by atoms with Crippen LogP contribution in [0.3, 0.4) is 0 Å². The fraction of sp³-hybridized carbons (Fsp3) is 0.826. The van der Waals surface area contributed by atoms with Gasteiger partial charge in [-0.3, -0.25) is 9.48 Å². The molecule has 1 amide bonds. The molecule has 0 aliphatic carbocycles. The Balaban J connectivity index is 1.76. The smallest absolute Gasteiger partial charge is 0.269 e. The first kappa shape index (κ1) is 23.7. The number of nitrogens with one attached hydrogen (secondary N) is 1. The summed E-state index contributed by atoms with van der Waals surface area (Å²) < 4.78 is 1.61. The first-order valence-corrected chi connectivity index (χ1v) is 11.5. The molecule has 0 aliphatic heterocycles. The third-order valence-electron chi connectivity index (χ3n) is 5.37. The molecule has 0 saturated carbocycles. The largest absolute Gasteiger partial charge is 0.351 e. The molecule has 0 spiro atoms. The second kappa shape index (κ2) is 16.8. The maximum Gasteiger partial charge on any atom is 0.269 e. The molecule has 1 aromatic heterocycles. The molecule has 0 aliphatic rings. The monoisotopic (exact) mass is 377 g/mol. The topological polar surface area (TPSA) is 46.9 Å². The highest BCUT2D eigenvalue weighted by atomic mass is 16.2. The average molecular weight is 378 g/mol. The standard InChI is InChI=1S/C23H43N3O/c1-3-4-5-6-7-8-9-10-11-12-13-14-15-16-17-18-20-24-23(27)22-19-21-25-26(22)2/h19,21H,3-18,20H2,1-2H3,(H,24,27). The van der Waals surface area contributed by atoms with E-state index in [4.69, 9.17) is 0 Å². The second-order valence-corrected chi connectivity index (χ2v) is 7.90. The third kappa shape index (κ3) is 12.6. The molecule has 1 aromatic rings. The minimum atomic E-state index is -0.0176. The first-order valence-electron chi connectivity index (χ1n) is 11.5. The summed E-state index contributed by atoms with van der Waals surface area (Å²) >= 11 is 0. The van der Waals surface area contributed by atoms with Crippen LogP contribution in [0.5, 0.6) is 0 Å². The van der Waals surface area contributed by atoms with E-state index in [0.29, 0.717) is 5.69 Å². The highest BCUT2D eigenvalue weighted by Gasteiger charge is 2.08. The van der Waals surface area contributed by atoms with E-state index < -0.39 is 0 Å². The number of hydrogen-bond acceptors (Lipinski definition) is 2. The summed E-state index contributed by atoms with van der Waals surface area (Å²) in [5.41, 5.74) is 0.631.